The fraction of sp³-hybridized carbons (Fsp3) is 0.826. The Hall–Kier alpha value is -0.731. The van der Waals surface area contributed by atoms with Crippen molar-refractivity contribution in [3.63, 3.8) is 0 Å². The van der Waals surface area contributed by atoms with Crippen molar-refractivity contribution in [2.45, 2.75) is 118 Å². The van der Waals surface area contributed by atoms with Crippen LogP contribution in [0, 0.1) is 0 Å². The van der Waals surface area contributed by atoms with Gasteiger partial charge in [0, 0.05) is 0 Å². The van der Waals surface area contributed by atoms with Crippen molar-refractivity contribution in [3.05, 3.63) is 10.2 Å². The molecule has 0 aliphatic rings. The van der Waals surface area contributed by atoms with Crippen molar-refractivity contribution in [1.82, 2.24) is 5.32 Å². The molecule has 0 aromatic heterocycles. The van der Waals surface area contributed by atoms with Gasteiger partial charge in [-0.1, -0.05) is 0 Å². The first kappa shape index (κ1) is 30.3. The number of halogens is 3. The number of esters is 1. The number of rotatable bonds is 14. The Bertz CT molecular complexity index is 564. The fourth-order valence-electron chi connectivity index (χ4n) is 3.72. The molecule has 8 heteroatoms. The van der Waals surface area contributed by atoms with Crippen LogP contribution in [-0.2, 0) is 14.3 Å². The van der Waals surface area contributed by atoms with Crippen LogP contribution in [0.15, 0.2) is 10.2 Å². The van der Waals surface area contributed by atoms with Crippen LogP contribution in [0.2, 0.25) is 13.3 Å². The zero-order valence-corrected chi connectivity index (χ0v) is 23.1. The maximum atomic E-state index is 12.9. The van der Waals surface area contributed by atoms with Gasteiger partial charge in [-0.05, 0) is 0 Å². The minimum atomic E-state index is -5.06. The molecular formula is C23H42F3NO3Sn. The summed E-state index contributed by atoms with van der Waals surface area (Å²) in [6.07, 6.45) is 1.30. The van der Waals surface area contributed by atoms with Gasteiger partial charge in [0.2, 0.25) is 0 Å². The predicted octanol–water partition coefficient (Wildman–Crippen LogP) is 6.71. The van der Waals surface area contributed by atoms with Crippen LogP contribution in [0.5, 0.6) is 0 Å². The quantitative estimate of drug-likeness (QED) is 0.191. The summed E-state index contributed by atoms with van der Waals surface area (Å²) in [5, 5.41) is 1.88. The molecule has 4 nitrogen and oxygen atoms in total. The number of alkyl halides is 3. The maximum absolute atomic E-state index is 12.9. The van der Waals surface area contributed by atoms with Gasteiger partial charge in [-0.2, -0.15) is 0 Å². The summed E-state index contributed by atoms with van der Waals surface area (Å²) in [7, 11) is 0. The number of hydrogen-bond acceptors (Lipinski definition) is 3. The topological polar surface area (TPSA) is 55.4 Å². The second-order valence-electron chi connectivity index (χ2n) is 9.46. The number of hydrogen-bond donors (Lipinski definition) is 1. The van der Waals surface area contributed by atoms with E-state index in [4.69, 9.17) is 4.74 Å². The molecule has 1 atom stereocenters. The molecular weight excluding hydrogens is 514 g/mol. The fourth-order valence-corrected chi connectivity index (χ4v) is 19.5. The number of carbonyl (C=O) groups is 2. The van der Waals surface area contributed by atoms with Gasteiger partial charge >= 0.3 is 191 Å². The molecule has 0 aromatic rings. The molecule has 0 aliphatic heterocycles. The molecule has 0 fully saturated rings. The van der Waals surface area contributed by atoms with Gasteiger partial charge in [0.1, 0.15) is 0 Å². The molecule has 1 amide bonds. The van der Waals surface area contributed by atoms with Gasteiger partial charge in [-0.15, -0.1) is 0 Å². The van der Waals surface area contributed by atoms with Crippen LogP contribution in [0.4, 0.5) is 13.2 Å². The zero-order valence-electron chi connectivity index (χ0n) is 20.2. The molecule has 0 saturated carbocycles. The number of ether oxygens (including phenoxy) is 1. The molecule has 0 heterocycles. The van der Waals surface area contributed by atoms with Gasteiger partial charge in [0.05, 0.1) is 0 Å². The first-order valence-electron chi connectivity index (χ1n) is 11.5. The van der Waals surface area contributed by atoms with Crippen LogP contribution < -0.4 is 5.32 Å². The molecule has 0 saturated heterocycles. The Morgan fingerprint density at radius 3 is 1.68 bits per heavy atom. The van der Waals surface area contributed by atoms with E-state index in [1.165, 1.54) is 0 Å². The molecule has 31 heavy (non-hydrogen) atoms. The van der Waals surface area contributed by atoms with E-state index in [0.717, 1.165) is 55.4 Å². The van der Waals surface area contributed by atoms with E-state index in [9.17, 15) is 22.8 Å². The minimum absolute atomic E-state index is 0.0317. The monoisotopic (exact) mass is 557 g/mol. The van der Waals surface area contributed by atoms with E-state index >= 15 is 0 Å². The normalized spacial score (nSPS) is 13.6. The SMILES string of the molecule is C=[C](CC(NC(=O)C(F)(F)F)C(=O)OC(C)(C)C)[Sn]([CH2]CCC)([CH2]CCC)[CH2]CCC. The van der Waals surface area contributed by atoms with Gasteiger partial charge in [0.15, 0.2) is 0 Å². The van der Waals surface area contributed by atoms with Crippen LogP contribution in [-0.4, -0.2) is 48.1 Å². The van der Waals surface area contributed by atoms with Crippen molar-refractivity contribution in [2.24, 2.45) is 0 Å². The molecule has 0 aliphatic carbocycles. The molecule has 0 radical (unpaired) electrons. The summed E-state index contributed by atoms with van der Waals surface area (Å²) in [6, 6.07) is -1.37. The van der Waals surface area contributed by atoms with E-state index in [-0.39, 0.29) is 6.42 Å². The summed E-state index contributed by atoms with van der Waals surface area (Å²) >= 11 is -2.98. The molecule has 0 aromatic carbocycles. The van der Waals surface area contributed by atoms with Crippen molar-refractivity contribution >= 4 is 30.3 Å². The summed E-state index contributed by atoms with van der Waals surface area (Å²) in [4.78, 5) is 24.3. The first-order valence-corrected chi connectivity index (χ1v) is 19.0. The molecule has 182 valence electrons. The number of nitrogens with one attached hydrogen (secondary N) is 1. The molecule has 0 spiro atoms. The number of unbranched alkanes of at least 4 members (excludes halogenated alkanes) is 3. The summed E-state index contributed by atoms with van der Waals surface area (Å²) < 4.78 is 48.2. The second-order valence-corrected chi connectivity index (χ2v) is 23.1. The molecule has 0 bridgehead atoms. The zero-order chi connectivity index (χ0) is 24.3. The van der Waals surface area contributed by atoms with Crippen molar-refractivity contribution in [2.75, 3.05) is 0 Å². The molecule has 0 rings (SSSR count). The Balaban J connectivity index is 5.88. The van der Waals surface area contributed by atoms with E-state index in [0.29, 0.717) is 0 Å². The first-order chi connectivity index (χ1) is 14.2. The Morgan fingerprint density at radius 1 is 0.935 bits per heavy atom. The Labute approximate surface area is 190 Å². The van der Waals surface area contributed by atoms with Crippen LogP contribution in [0.25, 0.3) is 0 Å². The van der Waals surface area contributed by atoms with E-state index in [1.807, 2.05) is 5.32 Å². The second kappa shape index (κ2) is 13.7. The predicted molar refractivity (Wildman–Crippen MR) is 122 cm³/mol. The Kier molecular flexibility index (Phi) is 13.4. The van der Waals surface area contributed by atoms with Gasteiger partial charge in [-0.3, -0.25) is 0 Å². The van der Waals surface area contributed by atoms with Crippen molar-refractivity contribution < 1.29 is 27.5 Å². The summed E-state index contributed by atoms with van der Waals surface area (Å²) in [6.45, 7) is 15.7. The standard InChI is InChI=1S/C11H15F3NO3.3C4H9.Sn/c1-5-6-7(8(16)18-10(2,3)4)15-9(17)11(12,13)14;3*1-3-4-2;/h7H,1,6H2,2-4H3,(H,15,17);3*1,3-4H2,2H3;. The number of carbonyl (C=O) groups excluding carboxylic acids is 2. The third kappa shape index (κ3) is 11.6. The summed E-state index contributed by atoms with van der Waals surface area (Å²) in [5.41, 5.74) is -0.868. The van der Waals surface area contributed by atoms with E-state index < -0.39 is 48.1 Å². The van der Waals surface area contributed by atoms with Crippen LogP contribution in [0.3, 0.4) is 0 Å². The van der Waals surface area contributed by atoms with E-state index in [2.05, 4.69) is 27.4 Å². The summed E-state index contributed by atoms with van der Waals surface area (Å²) in [5.74, 6) is -2.96. The van der Waals surface area contributed by atoms with Gasteiger partial charge < -0.3 is 0 Å². The average Bonchev–Trinajstić information content (AvgIpc) is 2.64. The van der Waals surface area contributed by atoms with Crippen molar-refractivity contribution in [3.8, 4) is 0 Å². The third-order valence-corrected chi connectivity index (χ3v) is 21.6. The van der Waals surface area contributed by atoms with Crippen LogP contribution in [0.1, 0.15) is 86.5 Å². The van der Waals surface area contributed by atoms with Crippen molar-refractivity contribution in [1.29, 1.82) is 0 Å². The average molecular weight is 556 g/mol. The molecule has 1 unspecified atom stereocenters. The molecule has 1 N–H and O–H groups in total. The number of amides is 1. The van der Waals surface area contributed by atoms with Gasteiger partial charge in [-0.25, -0.2) is 0 Å². The van der Waals surface area contributed by atoms with Gasteiger partial charge in [0.25, 0.3) is 0 Å². The van der Waals surface area contributed by atoms with E-state index in [1.54, 1.807) is 20.8 Å². The third-order valence-electron chi connectivity index (χ3n) is 5.48. The van der Waals surface area contributed by atoms with Crippen LogP contribution >= 0.6 is 0 Å². The Morgan fingerprint density at radius 2 is 1.35 bits per heavy atom.